The SMILES string of the molecule is CN(Cc1ccccc1)c1nccc2c(F)ccc(N)c12. The number of benzene rings is 2. The van der Waals surface area contributed by atoms with Crippen LogP contribution in [0.1, 0.15) is 5.56 Å². The number of halogens is 1. The van der Waals surface area contributed by atoms with E-state index in [-0.39, 0.29) is 5.82 Å². The standard InChI is InChI=1S/C17H16FN3/c1-21(11-12-5-3-2-4-6-12)17-16-13(9-10-20-17)14(18)7-8-15(16)19/h2-10H,11,19H2,1H3. The highest BCUT2D eigenvalue weighted by Gasteiger charge is 2.13. The minimum absolute atomic E-state index is 0.282. The van der Waals surface area contributed by atoms with Gasteiger partial charge in [0, 0.05) is 30.9 Å². The lowest BCUT2D eigenvalue weighted by Gasteiger charge is -2.21. The molecule has 0 unspecified atom stereocenters. The van der Waals surface area contributed by atoms with Crippen LogP contribution in [0, 0.1) is 5.82 Å². The van der Waals surface area contributed by atoms with Crippen molar-refractivity contribution in [2.45, 2.75) is 6.54 Å². The van der Waals surface area contributed by atoms with Crippen LogP contribution in [-0.2, 0) is 6.54 Å². The van der Waals surface area contributed by atoms with Crippen LogP contribution in [0.2, 0.25) is 0 Å². The fourth-order valence-electron chi connectivity index (χ4n) is 2.49. The molecule has 3 nitrogen and oxygen atoms in total. The number of nitrogen functional groups attached to an aromatic ring is 1. The number of pyridine rings is 1. The first-order valence-corrected chi connectivity index (χ1v) is 6.74. The van der Waals surface area contributed by atoms with E-state index in [0.717, 1.165) is 5.56 Å². The van der Waals surface area contributed by atoms with Gasteiger partial charge in [0.2, 0.25) is 0 Å². The van der Waals surface area contributed by atoms with E-state index >= 15 is 0 Å². The monoisotopic (exact) mass is 281 g/mol. The highest BCUT2D eigenvalue weighted by molar-refractivity contribution is 6.01. The summed E-state index contributed by atoms with van der Waals surface area (Å²) in [5, 5.41) is 1.16. The fourth-order valence-corrected chi connectivity index (χ4v) is 2.49. The van der Waals surface area contributed by atoms with Crippen molar-refractivity contribution < 1.29 is 4.39 Å². The van der Waals surface area contributed by atoms with Crippen molar-refractivity contribution in [2.24, 2.45) is 0 Å². The summed E-state index contributed by atoms with van der Waals surface area (Å²) in [5.41, 5.74) is 7.72. The molecule has 21 heavy (non-hydrogen) atoms. The number of fused-ring (bicyclic) bond motifs is 1. The van der Waals surface area contributed by atoms with E-state index < -0.39 is 0 Å². The second-order valence-electron chi connectivity index (χ2n) is 5.04. The van der Waals surface area contributed by atoms with Crippen LogP contribution in [-0.4, -0.2) is 12.0 Å². The molecule has 0 atom stereocenters. The van der Waals surface area contributed by atoms with Gasteiger partial charge in [-0.05, 0) is 23.8 Å². The molecule has 2 aromatic carbocycles. The van der Waals surface area contributed by atoms with Gasteiger partial charge < -0.3 is 10.6 Å². The van der Waals surface area contributed by atoms with Crippen LogP contribution in [0.3, 0.4) is 0 Å². The zero-order valence-corrected chi connectivity index (χ0v) is 11.8. The van der Waals surface area contributed by atoms with Crippen molar-refractivity contribution in [3.05, 3.63) is 66.1 Å². The third-order valence-electron chi connectivity index (χ3n) is 3.51. The molecule has 1 heterocycles. The average molecular weight is 281 g/mol. The maximum Gasteiger partial charge on any atom is 0.138 e. The summed E-state index contributed by atoms with van der Waals surface area (Å²) >= 11 is 0. The molecule has 106 valence electrons. The molecule has 3 aromatic rings. The summed E-state index contributed by atoms with van der Waals surface area (Å²) in [4.78, 5) is 6.36. The van der Waals surface area contributed by atoms with Gasteiger partial charge in [0.05, 0.1) is 5.39 Å². The Labute approximate surface area is 122 Å². The van der Waals surface area contributed by atoms with Gasteiger partial charge in [-0.15, -0.1) is 0 Å². The van der Waals surface area contributed by atoms with E-state index in [2.05, 4.69) is 4.98 Å². The third-order valence-corrected chi connectivity index (χ3v) is 3.51. The molecular formula is C17H16FN3. The summed E-state index contributed by atoms with van der Waals surface area (Å²) in [6.45, 7) is 0.683. The van der Waals surface area contributed by atoms with E-state index in [9.17, 15) is 4.39 Å². The maximum atomic E-state index is 13.9. The van der Waals surface area contributed by atoms with Crippen LogP contribution < -0.4 is 10.6 Å². The molecule has 0 fully saturated rings. The molecule has 0 spiro atoms. The molecule has 0 saturated heterocycles. The average Bonchev–Trinajstić information content (AvgIpc) is 2.51. The predicted molar refractivity (Wildman–Crippen MR) is 84.7 cm³/mol. The van der Waals surface area contributed by atoms with Crippen molar-refractivity contribution in [1.82, 2.24) is 4.98 Å². The number of rotatable bonds is 3. The van der Waals surface area contributed by atoms with Crippen molar-refractivity contribution in [2.75, 3.05) is 17.7 Å². The van der Waals surface area contributed by atoms with Gasteiger partial charge in [0.25, 0.3) is 0 Å². The van der Waals surface area contributed by atoms with Crippen LogP contribution in [0.5, 0.6) is 0 Å². The van der Waals surface area contributed by atoms with Gasteiger partial charge >= 0.3 is 0 Å². The molecule has 2 N–H and O–H groups in total. The van der Waals surface area contributed by atoms with E-state index in [0.29, 0.717) is 28.8 Å². The largest absolute Gasteiger partial charge is 0.398 e. The van der Waals surface area contributed by atoms with Gasteiger partial charge in [0.15, 0.2) is 0 Å². The first kappa shape index (κ1) is 13.4. The number of aromatic nitrogens is 1. The van der Waals surface area contributed by atoms with Gasteiger partial charge in [-0.25, -0.2) is 9.37 Å². The third kappa shape index (κ3) is 2.52. The second kappa shape index (κ2) is 5.40. The number of nitrogens with zero attached hydrogens (tertiary/aromatic N) is 2. The highest BCUT2D eigenvalue weighted by Crippen LogP contribution is 2.31. The Balaban J connectivity index is 2.06. The van der Waals surface area contributed by atoms with Crippen LogP contribution in [0.15, 0.2) is 54.7 Å². The Bertz CT molecular complexity index is 772. The maximum absolute atomic E-state index is 13.9. The minimum Gasteiger partial charge on any atom is -0.398 e. The molecule has 0 aliphatic carbocycles. The molecule has 0 bridgehead atoms. The first-order valence-electron chi connectivity index (χ1n) is 6.74. The Morgan fingerprint density at radius 3 is 2.62 bits per heavy atom. The summed E-state index contributed by atoms with van der Waals surface area (Å²) in [5.74, 6) is 0.407. The molecule has 0 aliphatic heterocycles. The summed E-state index contributed by atoms with van der Waals surface area (Å²) in [7, 11) is 1.93. The molecular weight excluding hydrogens is 265 g/mol. The zero-order valence-electron chi connectivity index (χ0n) is 11.8. The molecule has 0 saturated carbocycles. The Hall–Kier alpha value is -2.62. The first-order chi connectivity index (χ1) is 10.2. The van der Waals surface area contributed by atoms with Gasteiger partial charge in [-0.1, -0.05) is 30.3 Å². The van der Waals surface area contributed by atoms with E-state index in [1.54, 1.807) is 18.3 Å². The predicted octanol–water partition coefficient (Wildman–Crippen LogP) is 3.59. The van der Waals surface area contributed by atoms with Crippen molar-refractivity contribution in [3.63, 3.8) is 0 Å². The van der Waals surface area contributed by atoms with E-state index in [1.165, 1.54) is 6.07 Å². The molecule has 1 aromatic heterocycles. The number of nitrogens with two attached hydrogens (primary N) is 1. The highest BCUT2D eigenvalue weighted by atomic mass is 19.1. The van der Waals surface area contributed by atoms with Crippen molar-refractivity contribution in [1.29, 1.82) is 0 Å². The lowest BCUT2D eigenvalue weighted by molar-refractivity contribution is 0.640. The van der Waals surface area contributed by atoms with Gasteiger partial charge in [-0.2, -0.15) is 0 Å². The zero-order chi connectivity index (χ0) is 14.8. The molecule has 0 radical (unpaired) electrons. The Morgan fingerprint density at radius 2 is 1.86 bits per heavy atom. The topological polar surface area (TPSA) is 42.2 Å². The summed E-state index contributed by atoms with van der Waals surface area (Å²) < 4.78 is 13.9. The lowest BCUT2D eigenvalue weighted by atomic mass is 10.1. The van der Waals surface area contributed by atoms with Crippen LogP contribution in [0.25, 0.3) is 10.8 Å². The molecule has 0 amide bonds. The van der Waals surface area contributed by atoms with Crippen LogP contribution >= 0.6 is 0 Å². The molecule has 4 heteroatoms. The quantitative estimate of drug-likeness (QED) is 0.746. The number of hydrogen-bond donors (Lipinski definition) is 1. The van der Waals surface area contributed by atoms with Crippen LogP contribution in [0.4, 0.5) is 15.9 Å². The molecule has 0 aliphatic rings. The van der Waals surface area contributed by atoms with E-state index in [1.807, 2.05) is 42.3 Å². The normalized spacial score (nSPS) is 10.8. The van der Waals surface area contributed by atoms with Gasteiger partial charge in [0.1, 0.15) is 11.6 Å². The van der Waals surface area contributed by atoms with E-state index in [4.69, 9.17) is 5.73 Å². The minimum atomic E-state index is -0.282. The van der Waals surface area contributed by atoms with Crippen molar-refractivity contribution >= 4 is 22.3 Å². The second-order valence-corrected chi connectivity index (χ2v) is 5.04. The summed E-state index contributed by atoms with van der Waals surface area (Å²) in [6, 6.07) is 14.7. The lowest BCUT2D eigenvalue weighted by Crippen LogP contribution is -2.18. The number of anilines is 2. The fraction of sp³-hybridized carbons (Fsp3) is 0.118. The van der Waals surface area contributed by atoms with Gasteiger partial charge in [-0.3, -0.25) is 0 Å². The Kier molecular flexibility index (Phi) is 3.44. The molecule has 3 rings (SSSR count). The summed E-state index contributed by atoms with van der Waals surface area (Å²) in [6.07, 6.45) is 1.61. The smallest absolute Gasteiger partial charge is 0.138 e. The number of hydrogen-bond acceptors (Lipinski definition) is 3. The van der Waals surface area contributed by atoms with Crippen molar-refractivity contribution in [3.8, 4) is 0 Å². The Morgan fingerprint density at radius 1 is 1.10 bits per heavy atom.